The zero-order chi connectivity index (χ0) is 20.1. The average molecular weight is 381 g/mol. The van der Waals surface area contributed by atoms with Gasteiger partial charge in [-0.15, -0.1) is 0 Å². The van der Waals surface area contributed by atoms with Crippen molar-refractivity contribution in [2.24, 2.45) is 0 Å². The van der Waals surface area contributed by atoms with Gasteiger partial charge in [-0.05, 0) is 31.2 Å². The molecule has 2 aromatic rings. The zero-order valence-electron chi connectivity index (χ0n) is 15.9. The molecule has 1 aliphatic heterocycles. The number of para-hydroxylation sites is 1. The number of nitro groups is 1. The quantitative estimate of drug-likeness (QED) is 0.451. The molecule has 0 aromatic heterocycles. The minimum absolute atomic E-state index is 0.0113. The van der Waals surface area contributed by atoms with Gasteiger partial charge in [0.05, 0.1) is 17.6 Å². The minimum atomic E-state index is -0.445. The van der Waals surface area contributed by atoms with Crippen molar-refractivity contribution >= 4 is 23.4 Å². The Morgan fingerprint density at radius 2 is 2.00 bits per heavy atom. The molecule has 3 rings (SSSR count). The summed E-state index contributed by atoms with van der Waals surface area (Å²) in [6.07, 6.45) is 2.93. The molecule has 1 saturated heterocycles. The van der Waals surface area contributed by atoms with Crippen LogP contribution >= 0.6 is 0 Å². The van der Waals surface area contributed by atoms with Gasteiger partial charge >= 0.3 is 0 Å². The van der Waals surface area contributed by atoms with Crippen molar-refractivity contribution in [1.82, 2.24) is 4.90 Å². The van der Waals surface area contributed by atoms with Crippen LogP contribution in [0.2, 0.25) is 0 Å². The van der Waals surface area contributed by atoms with Crippen LogP contribution in [-0.4, -0.2) is 48.5 Å². The number of carbonyl (C=O) groups excluding carboxylic acids is 1. The first kappa shape index (κ1) is 19.4. The summed E-state index contributed by atoms with van der Waals surface area (Å²) in [5, 5.41) is 11.1. The number of rotatable bonds is 5. The van der Waals surface area contributed by atoms with Crippen molar-refractivity contribution in [3.05, 3.63) is 70.3 Å². The Kier molecular flexibility index (Phi) is 5.93. The van der Waals surface area contributed by atoms with E-state index in [0.717, 1.165) is 11.4 Å². The van der Waals surface area contributed by atoms with E-state index in [1.807, 2.05) is 24.3 Å². The zero-order valence-corrected chi connectivity index (χ0v) is 15.9. The molecule has 0 N–H and O–H groups in total. The lowest BCUT2D eigenvalue weighted by Gasteiger charge is -2.41. The molecule has 7 nitrogen and oxygen atoms in total. The molecule has 28 heavy (non-hydrogen) atoms. The minimum Gasteiger partial charge on any atom is -0.497 e. The third-order valence-corrected chi connectivity index (χ3v) is 4.86. The predicted octanol–water partition coefficient (Wildman–Crippen LogP) is 3.35. The van der Waals surface area contributed by atoms with Crippen LogP contribution in [0.4, 0.5) is 11.4 Å². The van der Waals surface area contributed by atoms with E-state index in [1.54, 1.807) is 30.2 Å². The Hall–Kier alpha value is -3.35. The van der Waals surface area contributed by atoms with Crippen molar-refractivity contribution in [2.45, 2.75) is 13.0 Å². The molecule has 7 heteroatoms. The number of methoxy groups -OCH3 is 1. The number of hydrogen-bond donors (Lipinski definition) is 0. The maximum atomic E-state index is 12.6. The van der Waals surface area contributed by atoms with Gasteiger partial charge in [-0.1, -0.05) is 18.2 Å². The fourth-order valence-corrected chi connectivity index (χ4v) is 3.39. The smallest absolute Gasteiger partial charge is 0.276 e. The Bertz CT molecular complexity index is 897. The number of benzene rings is 2. The average Bonchev–Trinajstić information content (AvgIpc) is 2.72. The number of hydrogen-bond acceptors (Lipinski definition) is 5. The molecular weight excluding hydrogens is 358 g/mol. The third-order valence-electron chi connectivity index (χ3n) is 4.86. The number of nitro benzene ring substituents is 1. The largest absolute Gasteiger partial charge is 0.497 e. The molecule has 146 valence electrons. The van der Waals surface area contributed by atoms with Crippen molar-refractivity contribution < 1.29 is 14.5 Å². The number of carbonyl (C=O) groups is 1. The second kappa shape index (κ2) is 8.56. The molecule has 1 unspecified atom stereocenters. The van der Waals surface area contributed by atoms with Crippen LogP contribution < -0.4 is 9.64 Å². The monoisotopic (exact) mass is 381 g/mol. The Morgan fingerprint density at radius 1 is 1.21 bits per heavy atom. The summed E-state index contributed by atoms with van der Waals surface area (Å²) >= 11 is 0. The highest BCUT2D eigenvalue weighted by atomic mass is 16.6. The van der Waals surface area contributed by atoms with Crippen LogP contribution in [0.5, 0.6) is 5.75 Å². The van der Waals surface area contributed by atoms with Crippen LogP contribution in [0.15, 0.2) is 54.6 Å². The summed E-state index contributed by atoms with van der Waals surface area (Å²) in [5.74, 6) is 0.658. The van der Waals surface area contributed by atoms with E-state index < -0.39 is 4.92 Å². The van der Waals surface area contributed by atoms with E-state index in [0.29, 0.717) is 25.2 Å². The highest BCUT2D eigenvalue weighted by Gasteiger charge is 2.26. The van der Waals surface area contributed by atoms with E-state index in [2.05, 4.69) is 11.8 Å². The first-order valence-electron chi connectivity index (χ1n) is 9.10. The van der Waals surface area contributed by atoms with Crippen LogP contribution in [-0.2, 0) is 4.79 Å². The fourth-order valence-electron chi connectivity index (χ4n) is 3.39. The SMILES string of the molecule is COc1cccc(N2CCN(C(=O)/C=C/c3ccccc3[N+](=O)[O-])CC2C)c1. The van der Waals surface area contributed by atoms with E-state index in [9.17, 15) is 14.9 Å². The summed E-state index contributed by atoms with van der Waals surface area (Å²) in [6, 6.07) is 14.4. The molecular formula is C21H23N3O4. The van der Waals surface area contributed by atoms with Gasteiger partial charge in [0.15, 0.2) is 0 Å². The lowest BCUT2D eigenvalue weighted by molar-refractivity contribution is -0.385. The second-order valence-corrected chi connectivity index (χ2v) is 6.68. The second-order valence-electron chi connectivity index (χ2n) is 6.68. The summed E-state index contributed by atoms with van der Waals surface area (Å²) in [6.45, 7) is 3.95. The molecule has 0 saturated carbocycles. The van der Waals surface area contributed by atoms with Crippen molar-refractivity contribution in [1.29, 1.82) is 0 Å². The number of ether oxygens (including phenoxy) is 1. The van der Waals surface area contributed by atoms with Gasteiger partial charge in [0.1, 0.15) is 5.75 Å². The summed E-state index contributed by atoms with van der Waals surface area (Å²) < 4.78 is 5.29. The Balaban J connectivity index is 1.67. The maximum Gasteiger partial charge on any atom is 0.276 e. The topological polar surface area (TPSA) is 75.9 Å². The summed E-state index contributed by atoms with van der Waals surface area (Å²) in [5.41, 5.74) is 1.47. The molecule has 0 bridgehead atoms. The Morgan fingerprint density at radius 3 is 2.71 bits per heavy atom. The number of anilines is 1. The van der Waals surface area contributed by atoms with Gasteiger partial charge in [0, 0.05) is 49.6 Å². The number of nitrogens with zero attached hydrogens (tertiary/aromatic N) is 3. The van der Waals surface area contributed by atoms with Gasteiger partial charge in [0.25, 0.3) is 5.69 Å². The fraction of sp³-hybridized carbons (Fsp3) is 0.286. The molecule has 0 spiro atoms. The van der Waals surface area contributed by atoms with E-state index >= 15 is 0 Å². The molecule has 0 aliphatic carbocycles. The molecule has 1 amide bonds. The van der Waals surface area contributed by atoms with Crippen molar-refractivity contribution in [3.8, 4) is 5.75 Å². The van der Waals surface area contributed by atoms with Gasteiger partial charge in [-0.25, -0.2) is 0 Å². The number of amides is 1. The maximum absolute atomic E-state index is 12.6. The molecule has 1 aliphatic rings. The van der Waals surface area contributed by atoms with Crippen LogP contribution in [0.3, 0.4) is 0 Å². The summed E-state index contributed by atoms with van der Waals surface area (Å²) in [4.78, 5) is 27.2. The standard InChI is InChI=1S/C21H23N3O4/c1-16-15-22(12-13-23(16)18-7-5-8-19(14-18)28-2)21(25)11-10-17-6-3-4-9-20(17)24(26)27/h3-11,14,16H,12-13,15H2,1-2H3/b11-10+. The van der Waals surface area contributed by atoms with Gasteiger partial charge in [-0.3, -0.25) is 14.9 Å². The first-order chi connectivity index (χ1) is 13.5. The van der Waals surface area contributed by atoms with E-state index in [1.165, 1.54) is 18.2 Å². The van der Waals surface area contributed by atoms with Crippen LogP contribution in [0.25, 0.3) is 6.08 Å². The van der Waals surface area contributed by atoms with E-state index in [-0.39, 0.29) is 17.6 Å². The highest BCUT2D eigenvalue weighted by molar-refractivity contribution is 5.92. The molecule has 1 heterocycles. The van der Waals surface area contributed by atoms with E-state index in [4.69, 9.17) is 4.74 Å². The Labute approximate surface area is 164 Å². The van der Waals surface area contributed by atoms with Crippen molar-refractivity contribution in [2.75, 3.05) is 31.6 Å². The third kappa shape index (κ3) is 4.31. The van der Waals surface area contributed by atoms with Crippen LogP contribution in [0.1, 0.15) is 12.5 Å². The highest BCUT2D eigenvalue weighted by Crippen LogP contribution is 2.25. The normalized spacial score (nSPS) is 17.0. The molecule has 2 aromatic carbocycles. The van der Waals surface area contributed by atoms with Gasteiger partial charge in [0.2, 0.25) is 5.91 Å². The molecule has 1 fully saturated rings. The van der Waals surface area contributed by atoms with Gasteiger partial charge < -0.3 is 14.5 Å². The first-order valence-corrected chi connectivity index (χ1v) is 9.10. The number of piperazine rings is 1. The molecule has 0 radical (unpaired) electrons. The van der Waals surface area contributed by atoms with Gasteiger partial charge in [-0.2, -0.15) is 0 Å². The lowest BCUT2D eigenvalue weighted by atomic mass is 10.1. The summed E-state index contributed by atoms with van der Waals surface area (Å²) in [7, 11) is 1.64. The molecule has 1 atom stereocenters. The van der Waals surface area contributed by atoms with Crippen LogP contribution in [0, 0.1) is 10.1 Å². The lowest BCUT2D eigenvalue weighted by Crippen LogP contribution is -2.53. The predicted molar refractivity (Wildman–Crippen MR) is 109 cm³/mol. The van der Waals surface area contributed by atoms with Crippen molar-refractivity contribution in [3.63, 3.8) is 0 Å².